The lowest BCUT2D eigenvalue weighted by Crippen LogP contribution is -1.97. The standard InChI is InChI=1S/C15H11ClFN3OS/c1-21-13-6-12-9(5-14(13)22)15(19-7-18-12)20-8-2-3-11(17)10(16)4-8/h2-7,22H,1H3,(H,18,19,20). The minimum Gasteiger partial charge on any atom is -0.496 e. The van der Waals surface area contributed by atoms with Crippen molar-refractivity contribution in [1.29, 1.82) is 0 Å². The summed E-state index contributed by atoms with van der Waals surface area (Å²) in [5.74, 6) is 0.734. The summed E-state index contributed by atoms with van der Waals surface area (Å²) in [4.78, 5) is 9.10. The summed E-state index contributed by atoms with van der Waals surface area (Å²) in [7, 11) is 1.57. The molecule has 4 nitrogen and oxygen atoms in total. The zero-order valence-corrected chi connectivity index (χ0v) is 13.1. The SMILES string of the molecule is COc1cc2ncnc(Nc3ccc(F)c(Cl)c3)c2cc1S. The second-order valence-corrected chi connectivity index (χ2v) is 5.41. The molecule has 112 valence electrons. The summed E-state index contributed by atoms with van der Waals surface area (Å²) >= 11 is 10.2. The minimum atomic E-state index is -0.470. The zero-order chi connectivity index (χ0) is 15.7. The number of anilines is 2. The lowest BCUT2D eigenvalue weighted by molar-refractivity contribution is 0.405. The van der Waals surface area contributed by atoms with Gasteiger partial charge in [0, 0.05) is 22.0 Å². The van der Waals surface area contributed by atoms with Crippen LogP contribution in [-0.4, -0.2) is 17.1 Å². The van der Waals surface area contributed by atoms with Gasteiger partial charge in [0.15, 0.2) is 0 Å². The normalized spacial score (nSPS) is 10.7. The van der Waals surface area contributed by atoms with E-state index in [-0.39, 0.29) is 5.02 Å². The highest BCUT2D eigenvalue weighted by atomic mass is 35.5. The zero-order valence-electron chi connectivity index (χ0n) is 11.5. The molecule has 0 saturated heterocycles. The van der Waals surface area contributed by atoms with E-state index in [4.69, 9.17) is 16.3 Å². The molecule has 0 bridgehead atoms. The Hall–Kier alpha value is -2.05. The summed E-state index contributed by atoms with van der Waals surface area (Å²) in [5.41, 5.74) is 1.34. The Morgan fingerprint density at radius 1 is 1.23 bits per heavy atom. The number of thiol groups is 1. The number of nitrogens with zero attached hydrogens (tertiary/aromatic N) is 2. The molecule has 0 saturated carbocycles. The predicted octanol–water partition coefficient (Wildman–Crippen LogP) is 4.46. The fourth-order valence-corrected chi connectivity index (χ4v) is 2.51. The molecule has 0 amide bonds. The number of ether oxygens (including phenoxy) is 1. The van der Waals surface area contributed by atoms with E-state index in [0.29, 0.717) is 27.7 Å². The van der Waals surface area contributed by atoms with Gasteiger partial charge >= 0.3 is 0 Å². The van der Waals surface area contributed by atoms with E-state index in [0.717, 1.165) is 5.39 Å². The number of hydrogen-bond acceptors (Lipinski definition) is 5. The van der Waals surface area contributed by atoms with Gasteiger partial charge in [-0.3, -0.25) is 0 Å². The third-order valence-corrected chi connectivity index (χ3v) is 3.76. The third kappa shape index (κ3) is 2.80. The topological polar surface area (TPSA) is 47.0 Å². The van der Waals surface area contributed by atoms with Crippen LogP contribution in [0.4, 0.5) is 15.9 Å². The molecule has 0 unspecified atom stereocenters. The van der Waals surface area contributed by atoms with Crippen LogP contribution in [0.2, 0.25) is 5.02 Å². The lowest BCUT2D eigenvalue weighted by atomic mass is 10.2. The molecular weight excluding hydrogens is 325 g/mol. The number of rotatable bonds is 3. The maximum absolute atomic E-state index is 13.2. The number of aromatic nitrogens is 2. The Kier molecular flexibility index (Phi) is 4.04. The molecule has 1 heterocycles. The minimum absolute atomic E-state index is 0.0416. The molecule has 0 aliphatic carbocycles. The van der Waals surface area contributed by atoms with Crippen LogP contribution in [0.25, 0.3) is 10.9 Å². The van der Waals surface area contributed by atoms with Crippen LogP contribution in [0.5, 0.6) is 5.75 Å². The van der Waals surface area contributed by atoms with E-state index in [1.54, 1.807) is 19.2 Å². The second-order valence-electron chi connectivity index (χ2n) is 4.52. The molecule has 0 radical (unpaired) electrons. The molecule has 22 heavy (non-hydrogen) atoms. The molecule has 0 fully saturated rings. The van der Waals surface area contributed by atoms with Gasteiger partial charge in [-0.05, 0) is 24.3 Å². The molecule has 3 aromatic rings. The van der Waals surface area contributed by atoms with Gasteiger partial charge in [0.1, 0.15) is 23.7 Å². The molecule has 0 aliphatic rings. The fourth-order valence-electron chi connectivity index (χ4n) is 2.05. The molecule has 2 aromatic carbocycles. The van der Waals surface area contributed by atoms with E-state index >= 15 is 0 Å². The first kappa shape index (κ1) is 14.9. The van der Waals surface area contributed by atoms with Gasteiger partial charge in [0.2, 0.25) is 0 Å². The second kappa shape index (κ2) is 5.98. The molecule has 1 N–H and O–H groups in total. The maximum atomic E-state index is 13.2. The van der Waals surface area contributed by atoms with E-state index < -0.39 is 5.82 Å². The Balaban J connectivity index is 2.06. The van der Waals surface area contributed by atoms with Crippen LogP contribution in [0.15, 0.2) is 41.6 Å². The highest BCUT2D eigenvalue weighted by molar-refractivity contribution is 7.80. The van der Waals surface area contributed by atoms with Crippen molar-refractivity contribution in [2.75, 3.05) is 12.4 Å². The number of hydrogen-bond donors (Lipinski definition) is 2. The van der Waals surface area contributed by atoms with E-state index in [2.05, 4.69) is 27.9 Å². The third-order valence-electron chi connectivity index (χ3n) is 3.12. The number of nitrogens with one attached hydrogen (secondary N) is 1. The van der Waals surface area contributed by atoms with Crippen LogP contribution in [0, 0.1) is 5.82 Å². The summed E-state index contributed by atoms with van der Waals surface area (Å²) in [6.45, 7) is 0. The monoisotopic (exact) mass is 335 g/mol. The summed E-state index contributed by atoms with van der Waals surface area (Å²) in [5, 5.41) is 3.92. The van der Waals surface area contributed by atoms with Gasteiger partial charge < -0.3 is 10.1 Å². The Labute approximate surface area is 136 Å². The number of benzene rings is 2. The first-order valence-electron chi connectivity index (χ1n) is 6.32. The van der Waals surface area contributed by atoms with Crippen molar-refractivity contribution in [3.05, 3.63) is 47.5 Å². The Morgan fingerprint density at radius 2 is 2.05 bits per heavy atom. The summed E-state index contributed by atoms with van der Waals surface area (Å²) < 4.78 is 18.4. The van der Waals surface area contributed by atoms with Crippen LogP contribution < -0.4 is 10.1 Å². The van der Waals surface area contributed by atoms with Crippen molar-refractivity contribution in [3.8, 4) is 5.75 Å². The highest BCUT2D eigenvalue weighted by Gasteiger charge is 2.09. The molecule has 1 aromatic heterocycles. The van der Waals surface area contributed by atoms with Crippen molar-refractivity contribution < 1.29 is 9.13 Å². The van der Waals surface area contributed by atoms with E-state index in [1.165, 1.54) is 18.5 Å². The Bertz CT molecular complexity index is 860. The van der Waals surface area contributed by atoms with Gasteiger partial charge in [-0.15, -0.1) is 12.6 Å². The highest BCUT2D eigenvalue weighted by Crippen LogP contribution is 2.32. The first-order chi connectivity index (χ1) is 10.6. The van der Waals surface area contributed by atoms with Crippen molar-refractivity contribution in [1.82, 2.24) is 9.97 Å². The van der Waals surface area contributed by atoms with Gasteiger partial charge in [0.25, 0.3) is 0 Å². The van der Waals surface area contributed by atoms with E-state index in [1.807, 2.05) is 6.07 Å². The van der Waals surface area contributed by atoms with E-state index in [9.17, 15) is 4.39 Å². The molecule has 0 aliphatic heterocycles. The molecule has 0 spiro atoms. The summed E-state index contributed by atoms with van der Waals surface area (Å²) in [6, 6.07) is 7.96. The number of methoxy groups -OCH3 is 1. The summed E-state index contributed by atoms with van der Waals surface area (Å²) in [6.07, 6.45) is 1.44. The van der Waals surface area contributed by atoms with Crippen LogP contribution >= 0.6 is 24.2 Å². The van der Waals surface area contributed by atoms with Crippen molar-refractivity contribution in [2.45, 2.75) is 4.90 Å². The largest absolute Gasteiger partial charge is 0.496 e. The number of fused-ring (bicyclic) bond motifs is 1. The van der Waals surface area contributed by atoms with Crippen LogP contribution in [0.3, 0.4) is 0 Å². The van der Waals surface area contributed by atoms with Crippen molar-refractivity contribution in [2.24, 2.45) is 0 Å². The smallest absolute Gasteiger partial charge is 0.141 e. The molecule has 7 heteroatoms. The molecular formula is C15H11ClFN3OS. The van der Waals surface area contributed by atoms with Crippen molar-refractivity contribution >= 4 is 46.6 Å². The van der Waals surface area contributed by atoms with Gasteiger partial charge in [0.05, 0.1) is 17.6 Å². The average Bonchev–Trinajstić information content (AvgIpc) is 2.51. The number of halogens is 2. The predicted molar refractivity (Wildman–Crippen MR) is 88.0 cm³/mol. The van der Waals surface area contributed by atoms with Gasteiger partial charge in [-0.25, -0.2) is 14.4 Å². The fraction of sp³-hybridized carbons (Fsp3) is 0.0667. The van der Waals surface area contributed by atoms with Gasteiger partial charge in [-0.1, -0.05) is 11.6 Å². The Morgan fingerprint density at radius 3 is 2.77 bits per heavy atom. The quantitative estimate of drug-likeness (QED) is 0.694. The lowest BCUT2D eigenvalue weighted by Gasteiger charge is -2.11. The maximum Gasteiger partial charge on any atom is 0.141 e. The van der Waals surface area contributed by atoms with Crippen LogP contribution in [-0.2, 0) is 0 Å². The molecule has 0 atom stereocenters. The average molecular weight is 336 g/mol. The molecule has 3 rings (SSSR count). The first-order valence-corrected chi connectivity index (χ1v) is 7.15. The van der Waals surface area contributed by atoms with Crippen LogP contribution in [0.1, 0.15) is 0 Å². The van der Waals surface area contributed by atoms with Gasteiger partial charge in [-0.2, -0.15) is 0 Å². The van der Waals surface area contributed by atoms with Crippen molar-refractivity contribution in [3.63, 3.8) is 0 Å².